The molecule has 29 heavy (non-hydrogen) atoms. The number of nitrogens with zero attached hydrogens (tertiary/aromatic N) is 1. The second-order valence-electron chi connectivity index (χ2n) is 7.15. The minimum Gasteiger partial charge on any atom is -0.507 e. The molecule has 0 radical (unpaired) electrons. The number of carboxylic acid groups (broad SMARTS) is 1. The van der Waals surface area contributed by atoms with Crippen molar-refractivity contribution in [3.8, 4) is 28.3 Å². The number of phenols is 1. The van der Waals surface area contributed by atoms with Gasteiger partial charge in [-0.1, -0.05) is 49.7 Å². The lowest BCUT2D eigenvalue weighted by Crippen LogP contribution is -1.96. The van der Waals surface area contributed by atoms with Gasteiger partial charge in [0, 0.05) is 5.56 Å². The first-order valence-corrected chi connectivity index (χ1v) is 9.71. The van der Waals surface area contributed by atoms with E-state index < -0.39 is 5.97 Å². The monoisotopic (exact) mass is 386 g/mol. The van der Waals surface area contributed by atoms with Gasteiger partial charge in [0.05, 0.1) is 11.0 Å². The molecule has 0 aliphatic carbocycles. The Balaban J connectivity index is 1.64. The van der Waals surface area contributed by atoms with Crippen LogP contribution >= 0.6 is 0 Å². The number of imidazole rings is 1. The topological polar surface area (TPSA) is 86.2 Å². The molecular weight excluding hydrogens is 364 g/mol. The summed E-state index contributed by atoms with van der Waals surface area (Å²) in [6, 6.07) is 19.1. The standard InChI is InChI=1S/C24H22N2O3/c1-2-3-4-15-5-7-16(8-6-15)17-10-12-20-21(13-17)26-23(25-20)18-9-11-19(24(28)29)22(27)14-18/h5-14,27H,2-4H2,1H3,(H,25,26)(H,28,29). The van der Waals surface area contributed by atoms with Gasteiger partial charge in [0.25, 0.3) is 0 Å². The molecule has 0 aliphatic rings. The van der Waals surface area contributed by atoms with E-state index in [4.69, 9.17) is 5.11 Å². The summed E-state index contributed by atoms with van der Waals surface area (Å²) < 4.78 is 0. The first-order valence-electron chi connectivity index (χ1n) is 9.71. The van der Waals surface area contributed by atoms with Crippen LogP contribution in [0.1, 0.15) is 35.7 Å². The Labute approximate surface area is 168 Å². The Morgan fingerprint density at radius 2 is 1.69 bits per heavy atom. The number of aromatic hydroxyl groups is 1. The lowest BCUT2D eigenvalue weighted by atomic mass is 10.0. The van der Waals surface area contributed by atoms with Crippen molar-refractivity contribution in [3.63, 3.8) is 0 Å². The van der Waals surface area contributed by atoms with Crippen LogP contribution in [-0.2, 0) is 6.42 Å². The highest BCUT2D eigenvalue weighted by Gasteiger charge is 2.13. The number of aromatic amines is 1. The first-order chi connectivity index (χ1) is 14.0. The van der Waals surface area contributed by atoms with Crippen LogP contribution in [-0.4, -0.2) is 26.2 Å². The van der Waals surface area contributed by atoms with E-state index in [1.807, 2.05) is 12.1 Å². The van der Waals surface area contributed by atoms with E-state index in [1.165, 1.54) is 30.5 Å². The van der Waals surface area contributed by atoms with E-state index in [0.717, 1.165) is 28.6 Å². The number of aryl methyl sites for hydroxylation is 1. The number of fused-ring (bicyclic) bond motifs is 1. The summed E-state index contributed by atoms with van der Waals surface area (Å²) in [5.41, 5.74) is 5.79. The minimum atomic E-state index is -1.16. The molecule has 5 nitrogen and oxygen atoms in total. The average molecular weight is 386 g/mol. The highest BCUT2D eigenvalue weighted by molar-refractivity contribution is 5.92. The zero-order valence-corrected chi connectivity index (χ0v) is 16.1. The predicted octanol–water partition coefficient (Wildman–Crippen LogP) is 5.64. The van der Waals surface area contributed by atoms with Gasteiger partial charge in [0.15, 0.2) is 0 Å². The van der Waals surface area contributed by atoms with Crippen LogP contribution in [0.15, 0.2) is 60.7 Å². The van der Waals surface area contributed by atoms with Gasteiger partial charge in [-0.2, -0.15) is 0 Å². The average Bonchev–Trinajstić information content (AvgIpc) is 3.15. The third kappa shape index (κ3) is 3.85. The molecule has 5 heteroatoms. The zero-order valence-electron chi connectivity index (χ0n) is 16.1. The van der Waals surface area contributed by atoms with E-state index in [0.29, 0.717) is 11.4 Å². The van der Waals surface area contributed by atoms with E-state index in [9.17, 15) is 9.90 Å². The van der Waals surface area contributed by atoms with E-state index >= 15 is 0 Å². The van der Waals surface area contributed by atoms with Crippen molar-refractivity contribution in [2.75, 3.05) is 0 Å². The molecule has 0 bridgehead atoms. The Kier molecular flexibility index (Phi) is 5.04. The van der Waals surface area contributed by atoms with Crippen molar-refractivity contribution in [2.45, 2.75) is 26.2 Å². The van der Waals surface area contributed by atoms with Crippen molar-refractivity contribution < 1.29 is 15.0 Å². The largest absolute Gasteiger partial charge is 0.507 e. The second-order valence-corrected chi connectivity index (χ2v) is 7.15. The predicted molar refractivity (Wildman–Crippen MR) is 114 cm³/mol. The number of carbonyl (C=O) groups is 1. The maximum absolute atomic E-state index is 11.1. The number of aromatic nitrogens is 2. The SMILES string of the molecule is CCCCc1ccc(-c2ccc3nc(-c4ccc(C(=O)O)c(O)c4)[nH]c3c2)cc1. The minimum absolute atomic E-state index is 0.130. The van der Waals surface area contributed by atoms with Gasteiger partial charge in [0.1, 0.15) is 17.1 Å². The number of H-pyrrole nitrogens is 1. The maximum atomic E-state index is 11.1. The number of benzene rings is 3. The highest BCUT2D eigenvalue weighted by Crippen LogP contribution is 2.29. The fourth-order valence-corrected chi connectivity index (χ4v) is 3.43. The summed E-state index contributed by atoms with van der Waals surface area (Å²) in [6.45, 7) is 2.20. The summed E-state index contributed by atoms with van der Waals surface area (Å²) in [4.78, 5) is 18.9. The van der Waals surface area contributed by atoms with Gasteiger partial charge < -0.3 is 15.2 Å². The molecule has 3 aromatic carbocycles. The lowest BCUT2D eigenvalue weighted by molar-refractivity contribution is 0.0694. The van der Waals surface area contributed by atoms with Crippen LogP contribution in [0.3, 0.4) is 0 Å². The number of hydrogen-bond acceptors (Lipinski definition) is 3. The molecule has 0 atom stereocenters. The zero-order chi connectivity index (χ0) is 20.4. The van der Waals surface area contributed by atoms with Crippen molar-refractivity contribution in [3.05, 3.63) is 71.8 Å². The molecular formula is C24H22N2O3. The number of aromatic carboxylic acids is 1. The third-order valence-electron chi connectivity index (χ3n) is 5.09. The number of hydrogen-bond donors (Lipinski definition) is 3. The Bertz CT molecular complexity index is 1180. The Morgan fingerprint density at radius 1 is 0.966 bits per heavy atom. The number of rotatable bonds is 6. The van der Waals surface area contributed by atoms with E-state index in [-0.39, 0.29) is 11.3 Å². The first kappa shape index (κ1) is 18.7. The molecule has 0 spiro atoms. The van der Waals surface area contributed by atoms with E-state index in [1.54, 1.807) is 6.07 Å². The fourth-order valence-electron chi connectivity index (χ4n) is 3.43. The fraction of sp³-hybridized carbons (Fsp3) is 0.167. The quantitative estimate of drug-likeness (QED) is 0.400. The van der Waals surface area contributed by atoms with Gasteiger partial charge in [-0.15, -0.1) is 0 Å². The smallest absolute Gasteiger partial charge is 0.339 e. The number of carboxylic acids is 1. The van der Waals surface area contributed by atoms with Gasteiger partial charge >= 0.3 is 5.97 Å². The Hall–Kier alpha value is -3.60. The molecule has 0 unspecified atom stereocenters. The Morgan fingerprint density at radius 3 is 2.38 bits per heavy atom. The molecule has 146 valence electrons. The van der Waals surface area contributed by atoms with Gasteiger partial charge in [-0.05, 0) is 53.8 Å². The molecule has 0 aliphatic heterocycles. The summed E-state index contributed by atoms with van der Waals surface area (Å²) in [5, 5.41) is 19.0. The second kappa shape index (κ2) is 7.80. The molecule has 3 N–H and O–H groups in total. The van der Waals surface area contributed by atoms with Crippen molar-refractivity contribution in [2.24, 2.45) is 0 Å². The summed E-state index contributed by atoms with van der Waals surface area (Å²) in [7, 11) is 0. The molecule has 0 fully saturated rings. The van der Waals surface area contributed by atoms with Gasteiger partial charge in [0.2, 0.25) is 0 Å². The summed E-state index contributed by atoms with van der Waals surface area (Å²) in [6.07, 6.45) is 3.50. The highest BCUT2D eigenvalue weighted by atomic mass is 16.4. The van der Waals surface area contributed by atoms with Crippen LogP contribution < -0.4 is 0 Å². The van der Waals surface area contributed by atoms with Crippen molar-refractivity contribution in [1.29, 1.82) is 0 Å². The summed E-state index contributed by atoms with van der Waals surface area (Å²) in [5.74, 6) is -0.859. The normalized spacial score (nSPS) is 11.1. The molecule has 1 heterocycles. The van der Waals surface area contributed by atoms with Crippen LogP contribution in [0.4, 0.5) is 0 Å². The third-order valence-corrected chi connectivity index (χ3v) is 5.09. The number of unbranched alkanes of at least 4 members (excludes halogenated alkanes) is 1. The van der Waals surface area contributed by atoms with Crippen LogP contribution in [0.25, 0.3) is 33.5 Å². The lowest BCUT2D eigenvalue weighted by Gasteiger charge is -2.04. The number of nitrogens with one attached hydrogen (secondary N) is 1. The molecule has 0 saturated heterocycles. The molecule has 0 amide bonds. The molecule has 4 rings (SSSR count). The van der Waals surface area contributed by atoms with Crippen molar-refractivity contribution >= 4 is 17.0 Å². The summed E-state index contributed by atoms with van der Waals surface area (Å²) >= 11 is 0. The van der Waals surface area contributed by atoms with Crippen LogP contribution in [0.2, 0.25) is 0 Å². The van der Waals surface area contributed by atoms with Gasteiger partial charge in [-0.3, -0.25) is 0 Å². The van der Waals surface area contributed by atoms with Crippen molar-refractivity contribution in [1.82, 2.24) is 9.97 Å². The maximum Gasteiger partial charge on any atom is 0.339 e. The molecule has 0 saturated carbocycles. The van der Waals surface area contributed by atoms with Crippen LogP contribution in [0.5, 0.6) is 5.75 Å². The van der Waals surface area contributed by atoms with Gasteiger partial charge in [-0.25, -0.2) is 9.78 Å². The molecule has 1 aromatic heterocycles. The molecule has 4 aromatic rings. The van der Waals surface area contributed by atoms with E-state index in [2.05, 4.69) is 47.2 Å². The van der Waals surface area contributed by atoms with Crippen LogP contribution in [0, 0.1) is 0 Å².